The van der Waals surface area contributed by atoms with Crippen molar-refractivity contribution in [3.8, 4) is 11.3 Å². The lowest BCUT2D eigenvalue weighted by atomic mass is 10.1. The number of aryl methyl sites for hydroxylation is 3. The van der Waals surface area contributed by atoms with Crippen LogP contribution in [0.15, 0.2) is 48.9 Å². The van der Waals surface area contributed by atoms with Crippen LogP contribution in [0.2, 0.25) is 0 Å². The van der Waals surface area contributed by atoms with Crippen molar-refractivity contribution < 1.29 is 4.79 Å². The molecule has 0 aliphatic carbocycles. The number of rotatable bonds is 3. The Morgan fingerprint density at radius 1 is 0.931 bits per heavy atom. The highest BCUT2D eigenvalue weighted by molar-refractivity contribution is 5.94. The molecule has 0 bridgehead atoms. The van der Waals surface area contributed by atoms with E-state index in [9.17, 15) is 4.79 Å². The number of piperazine rings is 1. The van der Waals surface area contributed by atoms with E-state index in [2.05, 4.69) is 26.8 Å². The molecule has 3 aromatic rings. The topological polar surface area (TPSA) is 62.2 Å². The van der Waals surface area contributed by atoms with E-state index in [1.165, 1.54) is 5.69 Å². The lowest BCUT2D eigenvalue weighted by Crippen LogP contribution is -2.49. The zero-order valence-electron chi connectivity index (χ0n) is 17.1. The number of hydrogen-bond donors (Lipinski definition) is 0. The monoisotopic (exact) mass is 387 g/mol. The molecule has 1 amide bonds. The van der Waals surface area contributed by atoms with Crippen molar-refractivity contribution in [2.75, 3.05) is 31.1 Å². The van der Waals surface area contributed by atoms with Gasteiger partial charge in [-0.25, -0.2) is 4.98 Å². The molecule has 4 rings (SSSR count). The van der Waals surface area contributed by atoms with Gasteiger partial charge in [0.05, 0.1) is 17.1 Å². The van der Waals surface area contributed by atoms with Crippen LogP contribution in [-0.4, -0.2) is 51.9 Å². The smallest absolute Gasteiger partial charge is 0.253 e. The Bertz CT molecular complexity index is 1020. The average molecular weight is 387 g/mol. The third-order valence-electron chi connectivity index (χ3n) is 5.38. The molecule has 0 atom stereocenters. The first-order valence-corrected chi connectivity index (χ1v) is 9.88. The molecule has 0 spiro atoms. The summed E-state index contributed by atoms with van der Waals surface area (Å²) in [7, 11) is 0. The van der Waals surface area contributed by atoms with E-state index in [4.69, 9.17) is 0 Å². The highest BCUT2D eigenvalue weighted by Gasteiger charge is 2.23. The second-order valence-corrected chi connectivity index (χ2v) is 7.46. The fourth-order valence-electron chi connectivity index (χ4n) is 3.74. The first kappa shape index (κ1) is 19.1. The largest absolute Gasteiger partial charge is 0.368 e. The second kappa shape index (κ2) is 7.99. The van der Waals surface area contributed by atoms with Crippen molar-refractivity contribution in [1.29, 1.82) is 0 Å². The van der Waals surface area contributed by atoms with Gasteiger partial charge in [-0.15, -0.1) is 0 Å². The molecule has 1 fully saturated rings. The van der Waals surface area contributed by atoms with Gasteiger partial charge < -0.3 is 9.80 Å². The van der Waals surface area contributed by atoms with Crippen LogP contribution in [0.1, 0.15) is 27.3 Å². The summed E-state index contributed by atoms with van der Waals surface area (Å²) >= 11 is 0. The zero-order chi connectivity index (χ0) is 20.4. The third-order valence-corrected chi connectivity index (χ3v) is 5.38. The molecule has 1 aromatic carbocycles. The van der Waals surface area contributed by atoms with Crippen molar-refractivity contribution >= 4 is 11.6 Å². The highest BCUT2D eigenvalue weighted by atomic mass is 16.2. The number of anilines is 1. The minimum absolute atomic E-state index is 0.0784. The van der Waals surface area contributed by atoms with Crippen LogP contribution < -0.4 is 4.90 Å². The normalized spacial score (nSPS) is 14.2. The number of carbonyl (C=O) groups is 1. The third kappa shape index (κ3) is 3.97. The van der Waals surface area contributed by atoms with Crippen molar-refractivity contribution in [3.63, 3.8) is 0 Å². The number of benzene rings is 1. The van der Waals surface area contributed by atoms with Gasteiger partial charge in [0.25, 0.3) is 5.91 Å². The molecule has 0 N–H and O–H groups in total. The summed E-state index contributed by atoms with van der Waals surface area (Å²) in [5, 5.41) is 0. The fourth-order valence-corrected chi connectivity index (χ4v) is 3.74. The van der Waals surface area contributed by atoms with Crippen molar-refractivity contribution in [2.24, 2.45) is 0 Å². The van der Waals surface area contributed by atoms with Gasteiger partial charge in [-0.1, -0.05) is 12.1 Å². The van der Waals surface area contributed by atoms with Gasteiger partial charge in [-0.3, -0.25) is 14.8 Å². The Balaban J connectivity index is 1.44. The minimum atomic E-state index is 0.0784. The molecule has 6 heteroatoms. The van der Waals surface area contributed by atoms with Crippen LogP contribution in [0.4, 0.5) is 5.69 Å². The lowest BCUT2D eigenvalue weighted by Gasteiger charge is -2.36. The molecule has 148 valence electrons. The van der Waals surface area contributed by atoms with Gasteiger partial charge >= 0.3 is 0 Å². The van der Waals surface area contributed by atoms with Crippen LogP contribution in [0.3, 0.4) is 0 Å². The Morgan fingerprint density at radius 2 is 1.66 bits per heavy atom. The Hall–Kier alpha value is -3.28. The standard InChI is InChI=1S/C23H25N5O/c1-16-14-24-9-8-21(16)27-10-12-28(13-11-27)23(29)20-6-4-19(5-7-20)22-18(3)25-15-17(2)26-22/h4-9,14-15H,10-13H2,1-3H3. The molecule has 0 saturated carbocycles. The highest BCUT2D eigenvalue weighted by Crippen LogP contribution is 2.23. The van der Waals surface area contributed by atoms with E-state index in [1.807, 2.05) is 61.5 Å². The first-order valence-electron chi connectivity index (χ1n) is 9.88. The fraction of sp³-hybridized carbons (Fsp3) is 0.304. The molecule has 0 radical (unpaired) electrons. The van der Waals surface area contributed by atoms with Crippen LogP contribution >= 0.6 is 0 Å². The summed E-state index contributed by atoms with van der Waals surface area (Å²) in [6, 6.07) is 9.74. The Kier molecular flexibility index (Phi) is 5.25. The predicted molar refractivity (Wildman–Crippen MR) is 114 cm³/mol. The van der Waals surface area contributed by atoms with Gasteiger partial charge in [-0.2, -0.15) is 0 Å². The van der Waals surface area contributed by atoms with Gasteiger partial charge in [0.1, 0.15) is 0 Å². The molecule has 3 heterocycles. The maximum Gasteiger partial charge on any atom is 0.253 e. The van der Waals surface area contributed by atoms with Crippen LogP contribution in [0.5, 0.6) is 0 Å². The summed E-state index contributed by atoms with van der Waals surface area (Å²) in [6.07, 6.45) is 5.47. The molecule has 2 aromatic heterocycles. The number of pyridine rings is 1. The van der Waals surface area contributed by atoms with E-state index >= 15 is 0 Å². The Morgan fingerprint density at radius 3 is 2.34 bits per heavy atom. The van der Waals surface area contributed by atoms with Gasteiger partial charge in [-0.05, 0) is 44.5 Å². The summed E-state index contributed by atoms with van der Waals surface area (Å²) in [5.41, 5.74) is 6.69. The van der Waals surface area contributed by atoms with E-state index in [1.54, 1.807) is 6.20 Å². The summed E-state index contributed by atoms with van der Waals surface area (Å²) in [4.78, 5) is 30.3. The van der Waals surface area contributed by atoms with Crippen LogP contribution in [0.25, 0.3) is 11.3 Å². The molecule has 29 heavy (non-hydrogen) atoms. The average Bonchev–Trinajstić information content (AvgIpc) is 2.76. The molecular formula is C23H25N5O. The zero-order valence-corrected chi connectivity index (χ0v) is 17.1. The molecule has 1 aliphatic heterocycles. The quantitative estimate of drug-likeness (QED) is 0.689. The van der Waals surface area contributed by atoms with E-state index in [0.29, 0.717) is 18.7 Å². The second-order valence-electron chi connectivity index (χ2n) is 7.46. The molecular weight excluding hydrogens is 362 g/mol. The van der Waals surface area contributed by atoms with Crippen LogP contribution in [-0.2, 0) is 0 Å². The van der Waals surface area contributed by atoms with Crippen molar-refractivity contribution in [2.45, 2.75) is 20.8 Å². The molecule has 0 unspecified atom stereocenters. The summed E-state index contributed by atoms with van der Waals surface area (Å²) in [6.45, 7) is 9.03. The Labute approximate surface area is 171 Å². The summed E-state index contributed by atoms with van der Waals surface area (Å²) in [5.74, 6) is 0.0784. The lowest BCUT2D eigenvalue weighted by molar-refractivity contribution is 0.0747. The number of nitrogens with zero attached hydrogens (tertiary/aromatic N) is 5. The number of hydrogen-bond acceptors (Lipinski definition) is 5. The maximum atomic E-state index is 12.9. The van der Waals surface area contributed by atoms with E-state index in [-0.39, 0.29) is 5.91 Å². The van der Waals surface area contributed by atoms with Gasteiger partial charge in [0, 0.05) is 61.6 Å². The number of carbonyl (C=O) groups excluding carboxylic acids is 1. The van der Waals surface area contributed by atoms with Crippen molar-refractivity contribution in [3.05, 3.63) is 71.4 Å². The minimum Gasteiger partial charge on any atom is -0.368 e. The van der Waals surface area contributed by atoms with E-state index in [0.717, 1.165) is 41.3 Å². The summed E-state index contributed by atoms with van der Waals surface area (Å²) < 4.78 is 0. The SMILES string of the molecule is Cc1cnc(C)c(-c2ccc(C(=O)N3CCN(c4ccncc4C)CC3)cc2)n1. The number of amides is 1. The maximum absolute atomic E-state index is 12.9. The molecule has 1 aliphatic rings. The molecule has 6 nitrogen and oxygen atoms in total. The first-order chi connectivity index (χ1) is 14.0. The van der Waals surface area contributed by atoms with Crippen LogP contribution in [0, 0.1) is 20.8 Å². The van der Waals surface area contributed by atoms with Gasteiger partial charge in [0.2, 0.25) is 0 Å². The van der Waals surface area contributed by atoms with E-state index < -0.39 is 0 Å². The predicted octanol–water partition coefficient (Wildman–Crippen LogP) is 3.43. The molecule has 1 saturated heterocycles. The van der Waals surface area contributed by atoms with Gasteiger partial charge in [0.15, 0.2) is 0 Å². The van der Waals surface area contributed by atoms with Crippen molar-refractivity contribution in [1.82, 2.24) is 19.9 Å². The number of aromatic nitrogens is 3.